The lowest BCUT2D eigenvalue weighted by molar-refractivity contribution is 0.0562. The lowest BCUT2D eigenvalue weighted by Gasteiger charge is -2.48. The normalized spacial score (nSPS) is 34.0. The van der Waals surface area contributed by atoms with Crippen LogP contribution in [0.5, 0.6) is 0 Å². The average molecular weight is 231 g/mol. The van der Waals surface area contributed by atoms with Crippen LogP contribution in [-0.4, -0.2) is 34.4 Å². The molecule has 3 unspecified atom stereocenters. The standard InChI is InChI=1S/C11H25N3S/c1-4-10(2,9(13)8-12)14-7-5-6-11(14,3)15/h9,15H,4-8,12-13H2,1-3H3. The monoisotopic (exact) mass is 231 g/mol. The Morgan fingerprint density at radius 1 is 1.60 bits per heavy atom. The molecule has 0 bridgehead atoms. The molecule has 0 radical (unpaired) electrons. The molecule has 4 N–H and O–H groups in total. The van der Waals surface area contributed by atoms with E-state index in [2.05, 4.69) is 25.7 Å². The zero-order valence-corrected chi connectivity index (χ0v) is 11.1. The summed E-state index contributed by atoms with van der Waals surface area (Å²) in [5.41, 5.74) is 11.8. The van der Waals surface area contributed by atoms with E-state index in [0.29, 0.717) is 6.54 Å². The minimum absolute atomic E-state index is 0.0204. The van der Waals surface area contributed by atoms with Crippen molar-refractivity contribution in [1.29, 1.82) is 0 Å². The summed E-state index contributed by atoms with van der Waals surface area (Å²) < 4.78 is 0. The molecule has 0 amide bonds. The van der Waals surface area contributed by atoms with E-state index in [-0.39, 0.29) is 16.5 Å². The quantitative estimate of drug-likeness (QED) is 0.637. The van der Waals surface area contributed by atoms with Gasteiger partial charge >= 0.3 is 0 Å². The van der Waals surface area contributed by atoms with Crippen LogP contribution in [0.15, 0.2) is 0 Å². The molecule has 0 spiro atoms. The van der Waals surface area contributed by atoms with Gasteiger partial charge in [-0.3, -0.25) is 4.90 Å². The van der Waals surface area contributed by atoms with Crippen LogP contribution in [0.25, 0.3) is 0 Å². The van der Waals surface area contributed by atoms with E-state index in [1.54, 1.807) is 0 Å². The van der Waals surface area contributed by atoms with Gasteiger partial charge in [-0.2, -0.15) is 12.6 Å². The highest BCUT2D eigenvalue weighted by molar-refractivity contribution is 7.81. The van der Waals surface area contributed by atoms with Crippen molar-refractivity contribution in [3.8, 4) is 0 Å². The number of hydrogen-bond donors (Lipinski definition) is 3. The second-order valence-electron chi connectivity index (χ2n) is 5.03. The SMILES string of the molecule is CCC(C)(C(N)CN)N1CCCC1(C)S. The van der Waals surface area contributed by atoms with Gasteiger partial charge in [0.05, 0.1) is 4.87 Å². The molecule has 3 atom stereocenters. The van der Waals surface area contributed by atoms with Crippen molar-refractivity contribution in [3.63, 3.8) is 0 Å². The largest absolute Gasteiger partial charge is 0.329 e. The van der Waals surface area contributed by atoms with Gasteiger partial charge in [-0.15, -0.1) is 0 Å². The maximum absolute atomic E-state index is 6.16. The lowest BCUT2D eigenvalue weighted by atomic mass is 9.87. The smallest absolute Gasteiger partial charge is 0.0617 e. The maximum atomic E-state index is 6.16. The van der Waals surface area contributed by atoms with Crippen LogP contribution in [0.3, 0.4) is 0 Å². The molecule has 0 aromatic heterocycles. The molecule has 0 aromatic rings. The summed E-state index contributed by atoms with van der Waals surface area (Å²) in [5.74, 6) is 0. The molecule has 0 aromatic carbocycles. The van der Waals surface area contributed by atoms with Crippen LogP contribution in [0, 0.1) is 0 Å². The minimum atomic E-state index is -0.0302. The third kappa shape index (κ3) is 2.33. The van der Waals surface area contributed by atoms with Gasteiger partial charge in [0, 0.05) is 24.7 Å². The Labute approximate surface area is 99.0 Å². The molecule has 1 heterocycles. The number of nitrogens with two attached hydrogens (primary N) is 2. The van der Waals surface area contributed by atoms with Crippen molar-refractivity contribution in [2.45, 2.75) is 56.5 Å². The van der Waals surface area contributed by atoms with Crippen LogP contribution in [0.1, 0.15) is 40.0 Å². The molecule has 0 aliphatic carbocycles. The van der Waals surface area contributed by atoms with Gasteiger partial charge in [0.15, 0.2) is 0 Å². The summed E-state index contributed by atoms with van der Waals surface area (Å²) in [5, 5.41) is 0. The Kier molecular flexibility index (Phi) is 4.09. The van der Waals surface area contributed by atoms with Gasteiger partial charge < -0.3 is 11.5 Å². The molecule has 15 heavy (non-hydrogen) atoms. The average Bonchev–Trinajstić information content (AvgIpc) is 2.56. The third-order valence-corrected chi connectivity index (χ3v) is 4.46. The molecule has 1 saturated heterocycles. The summed E-state index contributed by atoms with van der Waals surface area (Å²) in [6.45, 7) is 8.19. The summed E-state index contributed by atoms with van der Waals surface area (Å²) in [7, 11) is 0. The summed E-state index contributed by atoms with van der Waals surface area (Å²) in [6.07, 6.45) is 3.34. The van der Waals surface area contributed by atoms with E-state index in [0.717, 1.165) is 19.4 Å². The van der Waals surface area contributed by atoms with E-state index in [9.17, 15) is 0 Å². The van der Waals surface area contributed by atoms with Crippen LogP contribution < -0.4 is 11.5 Å². The molecular formula is C11H25N3S. The molecular weight excluding hydrogens is 206 g/mol. The maximum Gasteiger partial charge on any atom is 0.0617 e. The van der Waals surface area contributed by atoms with Gasteiger partial charge in [0.25, 0.3) is 0 Å². The highest BCUT2D eigenvalue weighted by atomic mass is 32.1. The highest BCUT2D eigenvalue weighted by Crippen LogP contribution is 2.40. The second kappa shape index (κ2) is 4.62. The topological polar surface area (TPSA) is 55.3 Å². The molecule has 4 heteroatoms. The van der Waals surface area contributed by atoms with Crippen LogP contribution >= 0.6 is 12.6 Å². The van der Waals surface area contributed by atoms with Crippen molar-refractivity contribution in [2.75, 3.05) is 13.1 Å². The molecule has 90 valence electrons. The van der Waals surface area contributed by atoms with E-state index in [1.807, 2.05) is 0 Å². The first kappa shape index (κ1) is 13.3. The van der Waals surface area contributed by atoms with Crippen LogP contribution in [0.2, 0.25) is 0 Å². The molecule has 1 rings (SSSR count). The molecule has 0 saturated carbocycles. The fourth-order valence-electron chi connectivity index (χ4n) is 2.66. The first-order valence-electron chi connectivity index (χ1n) is 5.84. The molecule has 1 aliphatic rings. The van der Waals surface area contributed by atoms with Crippen LogP contribution in [0.4, 0.5) is 0 Å². The number of likely N-dealkylation sites (tertiary alicyclic amines) is 1. The number of rotatable bonds is 4. The lowest BCUT2D eigenvalue weighted by Crippen LogP contribution is -2.63. The number of hydrogen-bond acceptors (Lipinski definition) is 4. The van der Waals surface area contributed by atoms with Crippen molar-refractivity contribution in [2.24, 2.45) is 11.5 Å². The van der Waals surface area contributed by atoms with Crippen molar-refractivity contribution >= 4 is 12.6 Å². The Balaban J connectivity index is 2.90. The van der Waals surface area contributed by atoms with E-state index >= 15 is 0 Å². The molecule has 1 fully saturated rings. The molecule has 3 nitrogen and oxygen atoms in total. The van der Waals surface area contributed by atoms with Gasteiger partial charge in [-0.25, -0.2) is 0 Å². The third-order valence-electron chi connectivity index (χ3n) is 4.00. The van der Waals surface area contributed by atoms with E-state index < -0.39 is 0 Å². The van der Waals surface area contributed by atoms with Gasteiger partial charge in [0.1, 0.15) is 0 Å². The van der Waals surface area contributed by atoms with E-state index in [4.69, 9.17) is 24.1 Å². The van der Waals surface area contributed by atoms with Crippen molar-refractivity contribution < 1.29 is 0 Å². The van der Waals surface area contributed by atoms with Gasteiger partial charge in [0.2, 0.25) is 0 Å². The van der Waals surface area contributed by atoms with Crippen molar-refractivity contribution in [3.05, 3.63) is 0 Å². The van der Waals surface area contributed by atoms with Gasteiger partial charge in [-0.05, 0) is 33.1 Å². The van der Waals surface area contributed by atoms with Gasteiger partial charge in [-0.1, -0.05) is 6.92 Å². The predicted octanol–water partition coefficient (Wildman–Crippen LogP) is 1.18. The van der Waals surface area contributed by atoms with Crippen molar-refractivity contribution in [1.82, 2.24) is 4.90 Å². The summed E-state index contributed by atoms with van der Waals surface area (Å²) in [4.78, 5) is 2.40. The zero-order chi connectivity index (χ0) is 11.7. The van der Waals surface area contributed by atoms with Crippen LogP contribution in [-0.2, 0) is 0 Å². The number of thiol groups is 1. The number of nitrogens with zero attached hydrogens (tertiary/aromatic N) is 1. The Morgan fingerprint density at radius 2 is 2.20 bits per heavy atom. The Morgan fingerprint density at radius 3 is 2.53 bits per heavy atom. The molecule has 1 aliphatic heterocycles. The fraction of sp³-hybridized carbons (Fsp3) is 1.00. The highest BCUT2D eigenvalue weighted by Gasteiger charge is 2.46. The zero-order valence-electron chi connectivity index (χ0n) is 10.2. The fourth-order valence-corrected chi connectivity index (χ4v) is 3.15. The van der Waals surface area contributed by atoms with E-state index in [1.165, 1.54) is 6.42 Å². The predicted molar refractivity (Wildman–Crippen MR) is 69.1 cm³/mol. The Bertz CT molecular complexity index is 220. The first-order chi connectivity index (χ1) is 6.88. The minimum Gasteiger partial charge on any atom is -0.329 e. The Hall–Kier alpha value is 0.230. The first-order valence-corrected chi connectivity index (χ1v) is 6.29. The second-order valence-corrected chi connectivity index (χ2v) is 5.99. The summed E-state index contributed by atoms with van der Waals surface area (Å²) in [6, 6.07) is 0.0204. The summed E-state index contributed by atoms with van der Waals surface area (Å²) >= 11 is 4.75.